The number of alkyl halides is 3. The Bertz CT molecular complexity index is 275. The lowest BCUT2D eigenvalue weighted by Crippen LogP contribution is -2.18. The fourth-order valence-electron chi connectivity index (χ4n) is 1.17. The smallest absolute Gasteiger partial charge is 0.320 e. The number of hydrogen-bond acceptors (Lipinski definition) is 3. The summed E-state index contributed by atoms with van der Waals surface area (Å²) in [7, 11) is -1.75. The summed E-state index contributed by atoms with van der Waals surface area (Å²) in [5.74, 6) is -0.935. The van der Waals surface area contributed by atoms with Crippen molar-refractivity contribution < 1.29 is 21.6 Å². The summed E-state index contributed by atoms with van der Waals surface area (Å²) in [6, 6.07) is 0. The standard InChI is InChI=1S/C9H18F3NO2S/c1-13-6-3-2-4-7-16(14,15)8-5-9(10,11)12/h13H,2-8H2,1H3. The second-order valence-corrected chi connectivity index (χ2v) is 5.98. The van der Waals surface area contributed by atoms with Gasteiger partial charge in [-0.3, -0.25) is 0 Å². The number of nitrogens with one attached hydrogen (secondary N) is 1. The van der Waals surface area contributed by atoms with Gasteiger partial charge in [0.1, 0.15) is 0 Å². The van der Waals surface area contributed by atoms with Crippen molar-refractivity contribution in [1.29, 1.82) is 0 Å². The maximum Gasteiger partial charge on any atom is 0.390 e. The van der Waals surface area contributed by atoms with E-state index < -0.39 is 28.2 Å². The number of rotatable bonds is 8. The first-order valence-corrected chi connectivity index (χ1v) is 7.01. The molecule has 0 aromatic rings. The Kier molecular flexibility index (Phi) is 6.98. The van der Waals surface area contributed by atoms with Crippen LogP contribution in [-0.4, -0.2) is 39.7 Å². The molecular weight excluding hydrogens is 243 g/mol. The Morgan fingerprint density at radius 2 is 1.69 bits per heavy atom. The number of sulfone groups is 1. The molecule has 16 heavy (non-hydrogen) atoms. The molecule has 0 aliphatic carbocycles. The van der Waals surface area contributed by atoms with Crippen LogP contribution in [0.3, 0.4) is 0 Å². The fraction of sp³-hybridized carbons (Fsp3) is 1.00. The van der Waals surface area contributed by atoms with Crippen LogP contribution in [-0.2, 0) is 9.84 Å². The summed E-state index contributed by atoms with van der Waals surface area (Å²) < 4.78 is 57.8. The highest BCUT2D eigenvalue weighted by atomic mass is 32.2. The van der Waals surface area contributed by atoms with E-state index in [1.54, 1.807) is 7.05 Å². The molecule has 0 aliphatic rings. The summed E-state index contributed by atoms with van der Waals surface area (Å²) in [5.41, 5.74) is 0. The zero-order valence-electron chi connectivity index (χ0n) is 9.31. The van der Waals surface area contributed by atoms with Gasteiger partial charge >= 0.3 is 6.18 Å². The monoisotopic (exact) mass is 261 g/mol. The molecule has 0 radical (unpaired) electrons. The van der Waals surface area contributed by atoms with Crippen LogP contribution in [0.4, 0.5) is 13.2 Å². The minimum Gasteiger partial charge on any atom is -0.320 e. The van der Waals surface area contributed by atoms with Crippen LogP contribution in [0.15, 0.2) is 0 Å². The predicted molar refractivity (Wildman–Crippen MR) is 57.1 cm³/mol. The Balaban J connectivity index is 3.71. The zero-order valence-corrected chi connectivity index (χ0v) is 10.1. The van der Waals surface area contributed by atoms with Crippen LogP contribution in [0.1, 0.15) is 25.7 Å². The first-order valence-electron chi connectivity index (χ1n) is 5.18. The van der Waals surface area contributed by atoms with E-state index in [4.69, 9.17) is 0 Å². The molecule has 0 saturated carbocycles. The summed E-state index contributed by atoms with van der Waals surface area (Å²) >= 11 is 0. The maximum absolute atomic E-state index is 11.8. The van der Waals surface area contributed by atoms with Crippen LogP contribution >= 0.6 is 0 Å². The lowest BCUT2D eigenvalue weighted by molar-refractivity contribution is -0.129. The summed E-state index contributed by atoms with van der Waals surface area (Å²) in [4.78, 5) is 0. The third kappa shape index (κ3) is 10.2. The summed E-state index contributed by atoms with van der Waals surface area (Å²) in [6.45, 7) is 0.794. The minimum absolute atomic E-state index is 0.146. The van der Waals surface area contributed by atoms with E-state index in [2.05, 4.69) is 5.32 Å². The third-order valence-electron chi connectivity index (χ3n) is 2.08. The average molecular weight is 261 g/mol. The molecule has 0 unspecified atom stereocenters. The Labute approximate surface area is 94.3 Å². The first-order chi connectivity index (χ1) is 7.27. The van der Waals surface area contributed by atoms with Gasteiger partial charge in [0.15, 0.2) is 9.84 Å². The summed E-state index contributed by atoms with van der Waals surface area (Å²) in [6.07, 6.45) is -3.65. The van der Waals surface area contributed by atoms with Gasteiger partial charge < -0.3 is 5.32 Å². The fourth-order valence-corrected chi connectivity index (χ4v) is 2.56. The Hall–Kier alpha value is -0.300. The van der Waals surface area contributed by atoms with E-state index in [1.807, 2.05) is 0 Å². The molecule has 0 spiro atoms. The van der Waals surface area contributed by atoms with Crippen LogP contribution < -0.4 is 5.32 Å². The van der Waals surface area contributed by atoms with Crippen molar-refractivity contribution in [3.8, 4) is 0 Å². The van der Waals surface area contributed by atoms with E-state index in [-0.39, 0.29) is 5.75 Å². The molecule has 0 amide bonds. The molecule has 0 fully saturated rings. The normalized spacial score (nSPS) is 13.0. The molecule has 0 aliphatic heterocycles. The van der Waals surface area contributed by atoms with E-state index in [0.717, 1.165) is 13.0 Å². The highest BCUT2D eigenvalue weighted by Gasteiger charge is 2.29. The van der Waals surface area contributed by atoms with E-state index >= 15 is 0 Å². The van der Waals surface area contributed by atoms with Crippen LogP contribution in [0.5, 0.6) is 0 Å². The van der Waals surface area contributed by atoms with Crippen molar-refractivity contribution in [2.45, 2.75) is 31.9 Å². The molecule has 0 heterocycles. The van der Waals surface area contributed by atoms with Crippen molar-refractivity contribution in [2.24, 2.45) is 0 Å². The second-order valence-electron chi connectivity index (χ2n) is 3.68. The SMILES string of the molecule is CNCCCCCS(=O)(=O)CCC(F)(F)F. The zero-order chi connectivity index (χ0) is 12.7. The lowest BCUT2D eigenvalue weighted by atomic mass is 10.2. The van der Waals surface area contributed by atoms with Crippen LogP contribution in [0.2, 0.25) is 0 Å². The topological polar surface area (TPSA) is 46.2 Å². The average Bonchev–Trinajstić information content (AvgIpc) is 2.14. The van der Waals surface area contributed by atoms with E-state index in [9.17, 15) is 21.6 Å². The molecule has 1 N–H and O–H groups in total. The van der Waals surface area contributed by atoms with E-state index in [1.165, 1.54) is 0 Å². The molecule has 0 aromatic heterocycles. The van der Waals surface area contributed by atoms with E-state index in [0.29, 0.717) is 12.8 Å². The van der Waals surface area contributed by atoms with Gasteiger partial charge in [0, 0.05) is 0 Å². The minimum atomic E-state index is -4.39. The highest BCUT2D eigenvalue weighted by Crippen LogP contribution is 2.20. The quantitative estimate of drug-likeness (QED) is 0.677. The van der Waals surface area contributed by atoms with Crippen LogP contribution in [0.25, 0.3) is 0 Å². The van der Waals surface area contributed by atoms with Crippen molar-refractivity contribution in [1.82, 2.24) is 5.32 Å². The second kappa shape index (κ2) is 7.11. The van der Waals surface area contributed by atoms with Gasteiger partial charge in [0.2, 0.25) is 0 Å². The highest BCUT2D eigenvalue weighted by molar-refractivity contribution is 7.91. The number of halogens is 3. The Morgan fingerprint density at radius 3 is 2.19 bits per heavy atom. The van der Waals surface area contributed by atoms with Crippen molar-refractivity contribution in [2.75, 3.05) is 25.1 Å². The van der Waals surface area contributed by atoms with Crippen LogP contribution in [0, 0.1) is 0 Å². The van der Waals surface area contributed by atoms with Crippen molar-refractivity contribution in [3.05, 3.63) is 0 Å². The van der Waals surface area contributed by atoms with Gasteiger partial charge in [0.25, 0.3) is 0 Å². The van der Waals surface area contributed by atoms with Crippen molar-refractivity contribution >= 4 is 9.84 Å². The molecule has 98 valence electrons. The number of hydrogen-bond donors (Lipinski definition) is 1. The molecule has 0 rings (SSSR count). The maximum atomic E-state index is 11.8. The number of unbranched alkanes of at least 4 members (excludes halogenated alkanes) is 2. The van der Waals surface area contributed by atoms with Gasteiger partial charge in [-0.1, -0.05) is 6.42 Å². The molecule has 0 bridgehead atoms. The van der Waals surface area contributed by atoms with Gasteiger partial charge in [-0.05, 0) is 26.4 Å². The van der Waals surface area contributed by atoms with Gasteiger partial charge in [0.05, 0.1) is 17.9 Å². The largest absolute Gasteiger partial charge is 0.390 e. The summed E-state index contributed by atoms with van der Waals surface area (Å²) in [5, 5.41) is 2.91. The van der Waals surface area contributed by atoms with Gasteiger partial charge in [-0.15, -0.1) is 0 Å². The lowest BCUT2D eigenvalue weighted by Gasteiger charge is -2.07. The Morgan fingerprint density at radius 1 is 1.06 bits per heavy atom. The van der Waals surface area contributed by atoms with Gasteiger partial charge in [-0.2, -0.15) is 13.2 Å². The predicted octanol–water partition coefficient (Wildman–Crippen LogP) is 1.74. The molecule has 3 nitrogen and oxygen atoms in total. The first kappa shape index (κ1) is 15.7. The third-order valence-corrected chi connectivity index (χ3v) is 3.82. The molecule has 7 heteroatoms. The molecule has 0 aromatic carbocycles. The molecule has 0 saturated heterocycles. The van der Waals surface area contributed by atoms with Crippen molar-refractivity contribution in [3.63, 3.8) is 0 Å². The molecular formula is C9H18F3NO2S. The van der Waals surface area contributed by atoms with Gasteiger partial charge in [-0.25, -0.2) is 8.42 Å². The molecule has 0 atom stereocenters.